The Hall–Kier alpha value is -1.73. The van der Waals surface area contributed by atoms with Crippen molar-refractivity contribution in [1.82, 2.24) is 9.97 Å². The molecule has 0 radical (unpaired) electrons. The summed E-state index contributed by atoms with van der Waals surface area (Å²) in [5.41, 5.74) is 0.879. The van der Waals surface area contributed by atoms with Crippen LogP contribution in [0.25, 0.3) is 0 Å². The fourth-order valence-corrected chi connectivity index (χ4v) is 2.96. The van der Waals surface area contributed by atoms with Crippen LogP contribution in [0.2, 0.25) is 5.02 Å². The number of imidazole rings is 1. The van der Waals surface area contributed by atoms with Gasteiger partial charge in [0.05, 0.1) is 6.61 Å². The molecule has 21 heavy (non-hydrogen) atoms. The second-order valence-electron chi connectivity index (χ2n) is 4.21. The van der Waals surface area contributed by atoms with Gasteiger partial charge in [-0.1, -0.05) is 23.4 Å². The van der Waals surface area contributed by atoms with E-state index in [1.165, 1.54) is 11.8 Å². The molecule has 1 aromatic heterocycles. The van der Waals surface area contributed by atoms with Crippen molar-refractivity contribution in [2.75, 3.05) is 6.61 Å². The summed E-state index contributed by atoms with van der Waals surface area (Å²) in [5, 5.41) is 11.9. The van der Waals surface area contributed by atoms with Crippen molar-refractivity contribution >= 4 is 29.2 Å². The molecule has 0 amide bonds. The van der Waals surface area contributed by atoms with Crippen molar-refractivity contribution in [2.45, 2.75) is 24.6 Å². The van der Waals surface area contributed by atoms with Gasteiger partial charge in [-0.05, 0) is 30.0 Å². The zero-order valence-electron chi connectivity index (χ0n) is 11.6. The Labute approximate surface area is 131 Å². The molecule has 6 nitrogen and oxygen atoms in total. The van der Waals surface area contributed by atoms with Crippen LogP contribution in [0.15, 0.2) is 23.2 Å². The van der Waals surface area contributed by atoms with E-state index in [1.807, 2.05) is 6.92 Å². The van der Waals surface area contributed by atoms with Gasteiger partial charge in [-0.25, -0.2) is 4.98 Å². The molecule has 0 bridgehead atoms. The summed E-state index contributed by atoms with van der Waals surface area (Å²) < 4.78 is 5.53. The quantitative estimate of drug-likeness (QED) is 0.493. The van der Waals surface area contributed by atoms with Gasteiger partial charge in [-0.3, -0.25) is 0 Å². The molecule has 1 N–H and O–H groups in total. The van der Waals surface area contributed by atoms with Gasteiger partial charge in [0, 0.05) is 23.3 Å². The molecule has 112 valence electrons. The number of nitrogens with zero attached hydrogens (tertiary/aromatic N) is 2. The normalized spacial score (nSPS) is 10.6. The maximum atomic E-state index is 10.9. The van der Waals surface area contributed by atoms with E-state index in [0.29, 0.717) is 28.2 Å². The Bertz CT molecular complexity index is 660. The van der Waals surface area contributed by atoms with E-state index in [0.717, 1.165) is 11.3 Å². The van der Waals surface area contributed by atoms with E-state index < -0.39 is 4.92 Å². The predicted molar refractivity (Wildman–Crippen MR) is 82.2 cm³/mol. The molecule has 0 atom stereocenters. The third-order valence-electron chi connectivity index (χ3n) is 2.64. The van der Waals surface area contributed by atoms with Crippen molar-refractivity contribution < 1.29 is 9.66 Å². The maximum absolute atomic E-state index is 10.9. The molecule has 2 aromatic rings. The monoisotopic (exact) mass is 327 g/mol. The van der Waals surface area contributed by atoms with Gasteiger partial charge in [-0.15, -0.1) is 0 Å². The molecule has 2 rings (SSSR count). The highest BCUT2D eigenvalue weighted by molar-refractivity contribution is 7.98. The lowest BCUT2D eigenvalue weighted by molar-refractivity contribution is -0.392. The van der Waals surface area contributed by atoms with Gasteiger partial charge in [0.15, 0.2) is 10.9 Å². The summed E-state index contributed by atoms with van der Waals surface area (Å²) in [7, 11) is 0. The summed E-state index contributed by atoms with van der Waals surface area (Å²) in [6.07, 6.45) is 0. The zero-order chi connectivity index (χ0) is 15.4. The molecule has 8 heteroatoms. The second kappa shape index (κ2) is 6.82. The number of rotatable bonds is 6. The van der Waals surface area contributed by atoms with Crippen LogP contribution in [0.1, 0.15) is 18.3 Å². The van der Waals surface area contributed by atoms with Crippen LogP contribution in [0.5, 0.6) is 5.75 Å². The number of ether oxygens (including phenoxy) is 1. The lowest BCUT2D eigenvalue weighted by Crippen LogP contribution is -1.96. The number of thioether (sulfide) groups is 1. The van der Waals surface area contributed by atoms with Crippen LogP contribution in [0.3, 0.4) is 0 Å². The SMILES string of the molecule is CCOc1ccc(Cl)cc1CSc1nc(C)[nH]c1[N+](=O)[O-]. The van der Waals surface area contributed by atoms with Crippen molar-refractivity contribution in [1.29, 1.82) is 0 Å². The van der Waals surface area contributed by atoms with E-state index in [9.17, 15) is 10.1 Å². The smallest absolute Gasteiger partial charge is 0.354 e. The molecule has 0 spiro atoms. The highest BCUT2D eigenvalue weighted by Crippen LogP contribution is 2.33. The Morgan fingerprint density at radius 1 is 1.52 bits per heavy atom. The Morgan fingerprint density at radius 2 is 2.29 bits per heavy atom. The predicted octanol–water partition coefficient (Wildman–Crippen LogP) is 3.97. The van der Waals surface area contributed by atoms with E-state index in [4.69, 9.17) is 16.3 Å². The molecule has 0 saturated heterocycles. The van der Waals surface area contributed by atoms with Crippen molar-refractivity contribution in [3.8, 4) is 5.75 Å². The van der Waals surface area contributed by atoms with E-state index in [-0.39, 0.29) is 5.82 Å². The minimum Gasteiger partial charge on any atom is -0.494 e. The van der Waals surface area contributed by atoms with Gasteiger partial charge >= 0.3 is 5.82 Å². The number of aromatic amines is 1. The van der Waals surface area contributed by atoms with Crippen LogP contribution in [-0.2, 0) is 5.75 Å². The zero-order valence-corrected chi connectivity index (χ0v) is 13.1. The number of hydrogen-bond donors (Lipinski definition) is 1. The minimum absolute atomic E-state index is 0.0857. The van der Waals surface area contributed by atoms with Crippen molar-refractivity contribution in [2.24, 2.45) is 0 Å². The molecule has 1 aromatic carbocycles. The van der Waals surface area contributed by atoms with Gasteiger partial charge in [0.1, 0.15) is 5.75 Å². The first-order valence-corrected chi connectivity index (χ1v) is 7.62. The highest BCUT2D eigenvalue weighted by Gasteiger charge is 2.19. The fourth-order valence-electron chi connectivity index (χ4n) is 1.79. The molecule has 0 unspecified atom stereocenters. The third-order valence-corrected chi connectivity index (χ3v) is 3.89. The molecule has 0 fully saturated rings. The third kappa shape index (κ3) is 3.89. The second-order valence-corrected chi connectivity index (χ2v) is 5.61. The number of hydrogen-bond acceptors (Lipinski definition) is 5. The number of aryl methyl sites for hydroxylation is 1. The Morgan fingerprint density at radius 3 is 2.95 bits per heavy atom. The average Bonchev–Trinajstić information content (AvgIpc) is 2.80. The van der Waals surface area contributed by atoms with E-state index in [1.54, 1.807) is 25.1 Å². The van der Waals surface area contributed by atoms with Gasteiger partial charge in [-0.2, -0.15) is 4.98 Å². The summed E-state index contributed by atoms with van der Waals surface area (Å²) in [5.74, 6) is 1.64. The van der Waals surface area contributed by atoms with Gasteiger partial charge < -0.3 is 14.9 Å². The Balaban J connectivity index is 2.20. The average molecular weight is 328 g/mol. The van der Waals surface area contributed by atoms with E-state index in [2.05, 4.69) is 9.97 Å². The number of aromatic nitrogens is 2. The lowest BCUT2D eigenvalue weighted by atomic mass is 10.2. The molecular weight excluding hydrogens is 314 g/mol. The van der Waals surface area contributed by atoms with Crippen LogP contribution >= 0.6 is 23.4 Å². The largest absolute Gasteiger partial charge is 0.494 e. The lowest BCUT2D eigenvalue weighted by Gasteiger charge is -2.09. The molecule has 0 aliphatic rings. The number of benzene rings is 1. The molecule has 1 heterocycles. The van der Waals surface area contributed by atoms with E-state index >= 15 is 0 Å². The minimum atomic E-state index is -0.468. The van der Waals surface area contributed by atoms with Crippen molar-refractivity contribution in [3.05, 3.63) is 44.7 Å². The topological polar surface area (TPSA) is 81.0 Å². The van der Waals surface area contributed by atoms with Gasteiger partial charge in [0.2, 0.25) is 0 Å². The number of nitro groups is 1. The highest BCUT2D eigenvalue weighted by atomic mass is 35.5. The molecule has 0 aliphatic heterocycles. The fraction of sp³-hybridized carbons (Fsp3) is 0.308. The molecular formula is C13H14ClN3O3S. The van der Waals surface area contributed by atoms with Gasteiger partial charge in [0.25, 0.3) is 0 Å². The van der Waals surface area contributed by atoms with Crippen molar-refractivity contribution in [3.63, 3.8) is 0 Å². The van der Waals surface area contributed by atoms with Crippen LogP contribution < -0.4 is 4.74 Å². The number of halogens is 1. The molecule has 0 saturated carbocycles. The van der Waals surface area contributed by atoms with Crippen LogP contribution in [0, 0.1) is 17.0 Å². The standard InChI is InChI=1S/C13H14ClN3O3S/c1-3-20-11-5-4-10(14)6-9(11)7-21-13-12(17(18)19)15-8(2)16-13/h4-6H,3,7H2,1-2H3,(H,15,16). The summed E-state index contributed by atoms with van der Waals surface area (Å²) in [6.45, 7) is 4.12. The first-order valence-electron chi connectivity index (χ1n) is 6.26. The summed E-state index contributed by atoms with van der Waals surface area (Å²) in [6, 6.07) is 5.35. The summed E-state index contributed by atoms with van der Waals surface area (Å²) in [4.78, 5) is 17.3. The van der Waals surface area contributed by atoms with Crippen LogP contribution in [0.4, 0.5) is 5.82 Å². The molecule has 0 aliphatic carbocycles. The number of nitrogens with one attached hydrogen (secondary N) is 1. The first kappa shape index (κ1) is 15.7. The summed E-state index contributed by atoms with van der Waals surface area (Å²) >= 11 is 7.27. The first-order chi connectivity index (χ1) is 10.0. The number of H-pyrrole nitrogens is 1. The maximum Gasteiger partial charge on any atom is 0.354 e. The Kier molecular flexibility index (Phi) is 5.08. The van der Waals surface area contributed by atoms with Crippen LogP contribution in [-0.4, -0.2) is 21.5 Å².